The number of aromatic nitrogens is 6. The van der Waals surface area contributed by atoms with Crippen molar-refractivity contribution in [3.05, 3.63) is 195 Å². The third-order valence-corrected chi connectivity index (χ3v) is 10.8. The Hall–Kier alpha value is -7.70. The van der Waals surface area contributed by atoms with Gasteiger partial charge in [0.25, 0.3) is 0 Å². The average Bonchev–Trinajstić information content (AvgIpc) is 3.79. The van der Waals surface area contributed by atoms with E-state index in [9.17, 15) is 0 Å². The van der Waals surface area contributed by atoms with E-state index in [-0.39, 0.29) is 0 Å². The lowest BCUT2D eigenvalue weighted by atomic mass is 9.99. The van der Waals surface area contributed by atoms with Gasteiger partial charge in [0, 0.05) is 70.5 Å². The molecule has 0 atom stereocenters. The molecule has 6 nitrogen and oxygen atoms in total. The summed E-state index contributed by atoms with van der Waals surface area (Å²) in [4.78, 5) is 18.5. The Kier molecular flexibility index (Phi) is 7.38. The second-order valence-electron chi connectivity index (χ2n) is 14.0. The largest absolute Gasteiger partial charge is 0.308 e. The van der Waals surface area contributed by atoms with Gasteiger partial charge in [0.15, 0.2) is 0 Å². The number of pyridine rings is 4. The minimum atomic E-state index is 0.972. The summed E-state index contributed by atoms with van der Waals surface area (Å²) >= 11 is 0. The Labute approximate surface area is 322 Å². The average molecular weight is 717 g/mol. The molecule has 11 aromatic rings. The van der Waals surface area contributed by atoms with Crippen molar-refractivity contribution < 1.29 is 0 Å². The van der Waals surface area contributed by atoms with Crippen molar-refractivity contribution in [3.8, 4) is 55.9 Å². The Balaban J connectivity index is 1.03. The van der Waals surface area contributed by atoms with Crippen LogP contribution in [0.4, 0.5) is 0 Å². The maximum absolute atomic E-state index is 4.92. The fourth-order valence-corrected chi connectivity index (χ4v) is 8.18. The lowest BCUT2D eigenvalue weighted by Gasteiger charge is -2.13. The zero-order valence-electron chi connectivity index (χ0n) is 30.2. The number of hydrogen-bond donors (Lipinski definition) is 0. The van der Waals surface area contributed by atoms with Crippen molar-refractivity contribution >= 4 is 43.9 Å². The predicted molar refractivity (Wildman–Crippen MR) is 228 cm³/mol. The maximum atomic E-state index is 4.92. The van der Waals surface area contributed by atoms with E-state index >= 15 is 0 Å². The lowest BCUT2D eigenvalue weighted by Crippen LogP contribution is -1.98. The molecule has 262 valence electrons. The Morgan fingerprint density at radius 2 is 0.714 bits per heavy atom. The highest BCUT2D eigenvalue weighted by Crippen LogP contribution is 2.38. The quantitative estimate of drug-likeness (QED) is 0.172. The van der Waals surface area contributed by atoms with Crippen LogP contribution in [-0.4, -0.2) is 29.1 Å². The van der Waals surface area contributed by atoms with Crippen LogP contribution >= 0.6 is 0 Å². The molecule has 0 radical (unpaired) electrons. The number of hydrogen-bond acceptors (Lipinski definition) is 4. The molecule has 0 bridgehead atoms. The SMILES string of the molecule is c1cncc(-c2cccc(-c3ccc4c(c3)c3ncccc3n4-c3cccc(-n4c5ccc(-c6cccc(-c7cccnc7)c6)cc5c5ncccc54)c3)c2)c1. The van der Waals surface area contributed by atoms with Gasteiger partial charge < -0.3 is 9.13 Å². The fraction of sp³-hybridized carbons (Fsp3) is 0. The van der Waals surface area contributed by atoms with E-state index < -0.39 is 0 Å². The molecule has 0 aliphatic heterocycles. The van der Waals surface area contributed by atoms with Crippen LogP contribution in [0.25, 0.3) is 99.8 Å². The van der Waals surface area contributed by atoms with Crippen molar-refractivity contribution in [2.75, 3.05) is 0 Å². The van der Waals surface area contributed by atoms with Crippen molar-refractivity contribution in [2.24, 2.45) is 0 Å². The molecule has 0 N–H and O–H groups in total. The second-order valence-corrected chi connectivity index (χ2v) is 14.0. The topological polar surface area (TPSA) is 61.4 Å². The highest BCUT2D eigenvalue weighted by Gasteiger charge is 2.18. The highest BCUT2D eigenvalue weighted by atomic mass is 15.0. The van der Waals surface area contributed by atoms with Crippen LogP contribution in [-0.2, 0) is 0 Å². The summed E-state index contributed by atoms with van der Waals surface area (Å²) in [5, 5.41) is 2.22. The summed E-state index contributed by atoms with van der Waals surface area (Å²) in [7, 11) is 0. The van der Waals surface area contributed by atoms with Gasteiger partial charge in [-0.05, 0) is 124 Å². The molecule has 0 saturated heterocycles. The van der Waals surface area contributed by atoms with Gasteiger partial charge in [-0.1, -0.05) is 66.7 Å². The van der Waals surface area contributed by atoms with Gasteiger partial charge in [-0.2, -0.15) is 0 Å². The van der Waals surface area contributed by atoms with E-state index in [4.69, 9.17) is 9.97 Å². The van der Waals surface area contributed by atoms with Gasteiger partial charge in [0.05, 0.1) is 33.1 Å². The van der Waals surface area contributed by atoms with E-state index in [2.05, 4.69) is 153 Å². The van der Waals surface area contributed by atoms with Gasteiger partial charge in [-0.25, -0.2) is 0 Å². The molecule has 0 aliphatic carbocycles. The minimum absolute atomic E-state index is 0.972. The van der Waals surface area contributed by atoms with Gasteiger partial charge in [0.1, 0.15) is 0 Å². The van der Waals surface area contributed by atoms with Crippen molar-refractivity contribution in [1.29, 1.82) is 0 Å². The normalized spacial score (nSPS) is 11.6. The van der Waals surface area contributed by atoms with E-state index in [0.29, 0.717) is 0 Å². The Bertz CT molecular complexity index is 3040. The van der Waals surface area contributed by atoms with E-state index in [0.717, 1.165) is 99.8 Å². The summed E-state index contributed by atoms with van der Waals surface area (Å²) in [5.74, 6) is 0. The maximum Gasteiger partial charge on any atom is 0.0963 e. The summed E-state index contributed by atoms with van der Waals surface area (Å²) in [6.45, 7) is 0. The third kappa shape index (κ3) is 5.27. The fourth-order valence-electron chi connectivity index (χ4n) is 8.18. The zero-order chi connectivity index (χ0) is 37.0. The molecular formula is C50H32N6. The number of rotatable bonds is 6. The Morgan fingerprint density at radius 3 is 1.18 bits per heavy atom. The molecule has 0 spiro atoms. The summed E-state index contributed by atoms with van der Waals surface area (Å²) in [6, 6.07) is 56.0. The molecule has 0 fully saturated rings. The molecule has 5 aromatic carbocycles. The van der Waals surface area contributed by atoms with Crippen LogP contribution in [0.1, 0.15) is 0 Å². The molecular weight excluding hydrogens is 685 g/mol. The zero-order valence-corrected chi connectivity index (χ0v) is 30.2. The standard InChI is InChI=1S/C50H32N6/c1-8-33(26-35(10-1)39-12-4-22-51-31-39)37-18-20-45-43(28-37)49-47(16-6-24-53-49)55(45)41-14-3-15-42(30-41)56-46-21-19-38(29-44(46)50-48(56)17-7-25-54-50)34-9-2-11-36(27-34)40-13-5-23-52-32-40/h1-32H. The predicted octanol–water partition coefficient (Wildman–Crippen LogP) is 12.1. The summed E-state index contributed by atoms with van der Waals surface area (Å²) in [5.41, 5.74) is 17.4. The third-order valence-electron chi connectivity index (χ3n) is 10.8. The lowest BCUT2D eigenvalue weighted by molar-refractivity contribution is 1.13. The van der Waals surface area contributed by atoms with E-state index in [1.807, 2.05) is 49.1 Å². The van der Waals surface area contributed by atoms with Crippen LogP contribution in [0, 0.1) is 0 Å². The van der Waals surface area contributed by atoms with Crippen LogP contribution in [0.5, 0.6) is 0 Å². The first kappa shape index (κ1) is 31.8. The van der Waals surface area contributed by atoms with Crippen molar-refractivity contribution in [2.45, 2.75) is 0 Å². The van der Waals surface area contributed by atoms with Gasteiger partial charge in [-0.3, -0.25) is 19.9 Å². The first-order chi connectivity index (χ1) is 27.8. The van der Waals surface area contributed by atoms with E-state index in [1.54, 1.807) is 12.4 Å². The monoisotopic (exact) mass is 716 g/mol. The number of fused-ring (bicyclic) bond motifs is 6. The van der Waals surface area contributed by atoms with Crippen molar-refractivity contribution in [3.63, 3.8) is 0 Å². The van der Waals surface area contributed by atoms with Gasteiger partial charge in [0.2, 0.25) is 0 Å². The van der Waals surface area contributed by atoms with Crippen LogP contribution < -0.4 is 0 Å². The molecule has 0 aliphatic rings. The second kappa shape index (κ2) is 13.0. The number of nitrogens with zero attached hydrogens (tertiary/aromatic N) is 6. The summed E-state index contributed by atoms with van der Waals surface area (Å²) < 4.78 is 4.66. The first-order valence-electron chi connectivity index (χ1n) is 18.7. The highest BCUT2D eigenvalue weighted by molar-refractivity contribution is 6.10. The molecule has 6 heteroatoms. The molecule has 11 rings (SSSR count). The molecule has 6 aromatic heterocycles. The Morgan fingerprint density at radius 1 is 0.304 bits per heavy atom. The van der Waals surface area contributed by atoms with Gasteiger partial charge in [-0.15, -0.1) is 0 Å². The molecule has 0 saturated carbocycles. The van der Waals surface area contributed by atoms with Crippen molar-refractivity contribution in [1.82, 2.24) is 29.1 Å². The van der Waals surface area contributed by atoms with Crippen LogP contribution in [0.2, 0.25) is 0 Å². The molecule has 6 heterocycles. The van der Waals surface area contributed by atoms with E-state index in [1.165, 1.54) is 0 Å². The van der Waals surface area contributed by atoms with Crippen LogP contribution in [0.15, 0.2) is 195 Å². The van der Waals surface area contributed by atoms with Gasteiger partial charge >= 0.3 is 0 Å². The molecule has 56 heavy (non-hydrogen) atoms. The van der Waals surface area contributed by atoms with Crippen LogP contribution in [0.3, 0.4) is 0 Å². The first-order valence-corrected chi connectivity index (χ1v) is 18.7. The molecule has 0 unspecified atom stereocenters. The molecule has 0 amide bonds. The minimum Gasteiger partial charge on any atom is -0.308 e. The summed E-state index contributed by atoms with van der Waals surface area (Å²) in [6.07, 6.45) is 11.2. The smallest absolute Gasteiger partial charge is 0.0963 e. The number of benzene rings is 5.